The maximum Gasteiger partial charge on any atom is 0.161 e. The van der Waals surface area contributed by atoms with Gasteiger partial charge in [0.1, 0.15) is 11.9 Å². The van der Waals surface area contributed by atoms with Gasteiger partial charge in [-0.2, -0.15) is 5.26 Å². The van der Waals surface area contributed by atoms with E-state index in [1.54, 1.807) is 24.3 Å². The van der Waals surface area contributed by atoms with Crippen molar-refractivity contribution in [2.45, 2.75) is 6.04 Å². The van der Waals surface area contributed by atoms with Gasteiger partial charge in [0.05, 0.1) is 6.07 Å². The van der Waals surface area contributed by atoms with Crippen molar-refractivity contribution in [3.8, 4) is 6.07 Å². The molecule has 0 heterocycles. The van der Waals surface area contributed by atoms with Gasteiger partial charge in [-0.3, -0.25) is 0 Å². The topological polar surface area (TPSA) is 35.8 Å². The molecule has 0 aliphatic rings. The number of rotatable bonds is 3. The molecule has 0 aromatic heterocycles. The van der Waals surface area contributed by atoms with Crippen LogP contribution in [0.5, 0.6) is 0 Å². The number of nitriles is 1. The molecule has 2 aromatic rings. The van der Waals surface area contributed by atoms with Crippen LogP contribution in [0.15, 0.2) is 40.9 Å². The summed E-state index contributed by atoms with van der Waals surface area (Å²) in [7, 11) is 0. The van der Waals surface area contributed by atoms with E-state index in [1.165, 1.54) is 0 Å². The molecule has 1 unspecified atom stereocenters. The van der Waals surface area contributed by atoms with Gasteiger partial charge in [0, 0.05) is 21.8 Å². The summed E-state index contributed by atoms with van der Waals surface area (Å²) in [6.07, 6.45) is 0. The molecule has 0 aliphatic heterocycles. The summed E-state index contributed by atoms with van der Waals surface area (Å²) in [5.41, 5.74) is 0.318. The van der Waals surface area contributed by atoms with Crippen LogP contribution in [0.25, 0.3) is 0 Å². The Labute approximate surface area is 122 Å². The van der Waals surface area contributed by atoms with Crippen LogP contribution in [-0.2, 0) is 0 Å². The van der Waals surface area contributed by atoms with E-state index >= 15 is 0 Å². The van der Waals surface area contributed by atoms with E-state index in [4.69, 9.17) is 5.26 Å². The van der Waals surface area contributed by atoms with Crippen LogP contribution in [0.2, 0.25) is 0 Å². The highest BCUT2D eigenvalue weighted by Gasteiger charge is 2.18. The van der Waals surface area contributed by atoms with Crippen LogP contribution in [-0.4, -0.2) is 0 Å². The minimum absolute atomic E-state index is 0.241. The van der Waals surface area contributed by atoms with Gasteiger partial charge in [-0.15, -0.1) is 0 Å². The van der Waals surface area contributed by atoms with Crippen LogP contribution in [0.3, 0.4) is 0 Å². The fraction of sp³-hybridized carbons (Fsp3) is 0.0714. The van der Waals surface area contributed by atoms with Gasteiger partial charge in [0.25, 0.3) is 0 Å². The largest absolute Gasteiger partial charge is 0.366 e. The predicted molar refractivity (Wildman–Crippen MR) is 72.4 cm³/mol. The standard InChI is InChI=1S/C14H8BrF3N2/c15-8-1-3-9(4-2-8)20-14(7-19)10-5-12(17)13(18)6-11(10)16/h1-6,14,20H. The number of anilines is 1. The third-order valence-electron chi connectivity index (χ3n) is 2.63. The number of hydrogen-bond acceptors (Lipinski definition) is 2. The first kappa shape index (κ1) is 14.4. The Hall–Kier alpha value is -2.00. The van der Waals surface area contributed by atoms with Crippen molar-refractivity contribution < 1.29 is 13.2 Å². The number of hydrogen-bond donors (Lipinski definition) is 1. The maximum absolute atomic E-state index is 13.6. The normalized spacial score (nSPS) is 11.8. The summed E-state index contributed by atoms with van der Waals surface area (Å²) >= 11 is 3.26. The van der Waals surface area contributed by atoms with Gasteiger partial charge in [0.2, 0.25) is 0 Å². The van der Waals surface area contributed by atoms with E-state index in [1.807, 2.05) is 6.07 Å². The van der Waals surface area contributed by atoms with Gasteiger partial charge >= 0.3 is 0 Å². The highest BCUT2D eigenvalue weighted by molar-refractivity contribution is 9.10. The van der Waals surface area contributed by atoms with Gasteiger partial charge < -0.3 is 5.32 Å². The van der Waals surface area contributed by atoms with Gasteiger partial charge in [0.15, 0.2) is 11.6 Å². The third-order valence-corrected chi connectivity index (χ3v) is 3.16. The van der Waals surface area contributed by atoms with Crippen LogP contribution in [0, 0.1) is 28.8 Å². The SMILES string of the molecule is N#CC(Nc1ccc(Br)cc1)c1cc(F)c(F)cc1F. The van der Waals surface area contributed by atoms with E-state index in [0.717, 1.165) is 4.47 Å². The monoisotopic (exact) mass is 340 g/mol. The van der Waals surface area contributed by atoms with Crippen molar-refractivity contribution in [3.05, 3.63) is 63.9 Å². The minimum Gasteiger partial charge on any atom is -0.366 e. The lowest BCUT2D eigenvalue weighted by Crippen LogP contribution is -2.11. The van der Waals surface area contributed by atoms with Crippen LogP contribution in [0.4, 0.5) is 18.9 Å². The molecular weight excluding hydrogens is 333 g/mol. The molecule has 0 radical (unpaired) electrons. The Morgan fingerprint density at radius 3 is 2.20 bits per heavy atom. The average molecular weight is 341 g/mol. The first-order valence-electron chi connectivity index (χ1n) is 5.57. The zero-order chi connectivity index (χ0) is 14.7. The molecule has 2 nitrogen and oxygen atoms in total. The highest BCUT2D eigenvalue weighted by atomic mass is 79.9. The fourth-order valence-electron chi connectivity index (χ4n) is 1.65. The lowest BCUT2D eigenvalue weighted by molar-refractivity contribution is 0.489. The van der Waals surface area contributed by atoms with Crippen molar-refractivity contribution in [1.29, 1.82) is 5.26 Å². The lowest BCUT2D eigenvalue weighted by atomic mass is 10.1. The van der Waals surface area contributed by atoms with Gasteiger partial charge in [-0.25, -0.2) is 13.2 Å². The molecule has 2 aromatic carbocycles. The van der Waals surface area contributed by atoms with Crippen molar-refractivity contribution in [2.24, 2.45) is 0 Å². The Morgan fingerprint density at radius 1 is 1.00 bits per heavy atom. The molecule has 0 saturated heterocycles. The zero-order valence-corrected chi connectivity index (χ0v) is 11.6. The number of nitrogens with one attached hydrogen (secondary N) is 1. The van der Waals surface area contributed by atoms with Crippen molar-refractivity contribution in [2.75, 3.05) is 5.32 Å². The molecule has 6 heteroatoms. The summed E-state index contributed by atoms with van der Waals surface area (Å²) in [6, 6.07) is 8.63. The Balaban J connectivity index is 2.31. The summed E-state index contributed by atoms with van der Waals surface area (Å²) in [5, 5.41) is 11.8. The molecule has 20 heavy (non-hydrogen) atoms. The van der Waals surface area contributed by atoms with Crippen LogP contribution < -0.4 is 5.32 Å². The van der Waals surface area contributed by atoms with Crippen molar-refractivity contribution in [1.82, 2.24) is 0 Å². The molecule has 0 amide bonds. The van der Waals surface area contributed by atoms with Crippen molar-refractivity contribution >= 4 is 21.6 Å². The van der Waals surface area contributed by atoms with Crippen LogP contribution >= 0.6 is 15.9 Å². The lowest BCUT2D eigenvalue weighted by Gasteiger charge is -2.14. The summed E-state index contributed by atoms with van der Waals surface area (Å²) in [5.74, 6) is -3.45. The molecule has 0 bridgehead atoms. The van der Waals surface area contributed by atoms with E-state index in [2.05, 4.69) is 21.2 Å². The summed E-state index contributed by atoms with van der Waals surface area (Å²) < 4.78 is 40.5. The first-order chi connectivity index (χ1) is 9.51. The Kier molecular flexibility index (Phi) is 4.30. The molecule has 0 saturated carbocycles. The Bertz CT molecular complexity index is 665. The number of benzene rings is 2. The predicted octanol–water partition coefficient (Wildman–Crippen LogP) is 4.54. The Morgan fingerprint density at radius 2 is 1.60 bits per heavy atom. The molecule has 0 spiro atoms. The second kappa shape index (κ2) is 5.97. The molecule has 1 atom stereocenters. The van der Waals surface area contributed by atoms with Crippen LogP contribution in [0.1, 0.15) is 11.6 Å². The fourth-order valence-corrected chi connectivity index (χ4v) is 1.92. The van der Waals surface area contributed by atoms with E-state index in [9.17, 15) is 13.2 Å². The van der Waals surface area contributed by atoms with Gasteiger partial charge in [-0.1, -0.05) is 15.9 Å². The average Bonchev–Trinajstić information content (AvgIpc) is 2.43. The quantitative estimate of drug-likeness (QED) is 0.832. The zero-order valence-electron chi connectivity index (χ0n) is 10.0. The minimum atomic E-state index is -1.29. The molecule has 0 fully saturated rings. The number of halogens is 4. The molecule has 1 N–H and O–H groups in total. The third kappa shape index (κ3) is 3.11. The van der Waals surface area contributed by atoms with E-state index < -0.39 is 23.5 Å². The second-order valence-corrected chi connectivity index (χ2v) is 4.92. The second-order valence-electron chi connectivity index (χ2n) is 4.00. The van der Waals surface area contributed by atoms with E-state index in [-0.39, 0.29) is 5.56 Å². The highest BCUT2D eigenvalue weighted by Crippen LogP contribution is 2.24. The molecular formula is C14H8BrF3N2. The van der Waals surface area contributed by atoms with Crippen molar-refractivity contribution in [3.63, 3.8) is 0 Å². The summed E-state index contributed by atoms with van der Waals surface area (Å²) in [6.45, 7) is 0. The van der Waals surface area contributed by atoms with Gasteiger partial charge in [-0.05, 0) is 30.3 Å². The smallest absolute Gasteiger partial charge is 0.161 e. The number of nitrogens with zero attached hydrogens (tertiary/aromatic N) is 1. The summed E-state index contributed by atoms with van der Waals surface area (Å²) in [4.78, 5) is 0. The molecule has 2 rings (SSSR count). The molecule has 0 aliphatic carbocycles. The van der Waals surface area contributed by atoms with E-state index in [0.29, 0.717) is 17.8 Å². The molecule has 102 valence electrons. The first-order valence-corrected chi connectivity index (χ1v) is 6.36. The maximum atomic E-state index is 13.6.